The summed E-state index contributed by atoms with van der Waals surface area (Å²) in [6.07, 6.45) is 8.73. The van der Waals surface area contributed by atoms with Crippen molar-refractivity contribution >= 4 is 5.69 Å². The Kier molecular flexibility index (Phi) is 3.08. The van der Waals surface area contributed by atoms with Gasteiger partial charge in [-0.1, -0.05) is 25.5 Å². The topological polar surface area (TPSA) is 12.5 Å². The van der Waals surface area contributed by atoms with Gasteiger partial charge >= 0.3 is 0 Å². The average Bonchev–Trinajstić information content (AvgIpc) is 2.67. The maximum absolute atomic E-state index is 13.2. The van der Waals surface area contributed by atoms with Gasteiger partial charge in [0.1, 0.15) is 5.82 Å². The van der Waals surface area contributed by atoms with Gasteiger partial charge in [0.15, 0.2) is 0 Å². The van der Waals surface area contributed by atoms with Crippen molar-refractivity contribution in [1.29, 1.82) is 0 Å². The summed E-state index contributed by atoms with van der Waals surface area (Å²) < 4.78 is 13.2. The van der Waals surface area contributed by atoms with E-state index in [0.717, 1.165) is 36.9 Å². The highest BCUT2D eigenvalue weighted by molar-refractivity contribution is 5.56. The lowest BCUT2D eigenvalue weighted by atomic mass is 10.0. The molecule has 1 aromatic carbocycles. The summed E-state index contributed by atoms with van der Waals surface area (Å²) in [7, 11) is 0. The number of allylic oxidation sites excluding steroid dienone is 1. The van der Waals surface area contributed by atoms with Gasteiger partial charge in [-0.3, -0.25) is 4.84 Å². The highest BCUT2D eigenvalue weighted by Gasteiger charge is 2.37. The maximum atomic E-state index is 13.2. The number of hydrogen-bond acceptors (Lipinski definition) is 2. The van der Waals surface area contributed by atoms with Crippen molar-refractivity contribution in [2.75, 3.05) is 5.06 Å². The van der Waals surface area contributed by atoms with Crippen LogP contribution in [0.3, 0.4) is 0 Å². The zero-order chi connectivity index (χ0) is 12.5. The van der Waals surface area contributed by atoms with Crippen LogP contribution in [0.2, 0.25) is 0 Å². The maximum Gasteiger partial charge on any atom is 0.123 e. The molecule has 0 aromatic heterocycles. The highest BCUT2D eigenvalue weighted by atomic mass is 19.1. The summed E-state index contributed by atoms with van der Waals surface area (Å²) in [4.78, 5) is 5.87. The monoisotopic (exact) mass is 247 g/mol. The van der Waals surface area contributed by atoms with E-state index in [1.54, 1.807) is 6.07 Å². The van der Waals surface area contributed by atoms with Crippen molar-refractivity contribution in [2.24, 2.45) is 0 Å². The molecule has 2 heterocycles. The molecule has 1 fully saturated rings. The van der Waals surface area contributed by atoms with Gasteiger partial charge in [-0.25, -0.2) is 9.45 Å². The summed E-state index contributed by atoms with van der Waals surface area (Å²) in [6.45, 7) is 2.17. The van der Waals surface area contributed by atoms with Crippen LogP contribution in [0.15, 0.2) is 30.4 Å². The molecule has 3 rings (SSSR count). The molecule has 3 heteroatoms. The molecule has 1 aromatic rings. The smallest absolute Gasteiger partial charge is 0.123 e. The van der Waals surface area contributed by atoms with Crippen LogP contribution in [-0.4, -0.2) is 12.1 Å². The van der Waals surface area contributed by atoms with E-state index in [1.165, 1.54) is 6.07 Å². The fraction of sp³-hybridized carbons (Fsp3) is 0.467. The molecule has 2 aliphatic rings. The molecule has 0 N–H and O–H groups in total. The van der Waals surface area contributed by atoms with Crippen LogP contribution in [0.25, 0.3) is 0 Å². The van der Waals surface area contributed by atoms with Gasteiger partial charge in [-0.05, 0) is 30.2 Å². The Morgan fingerprint density at radius 1 is 1.50 bits per heavy atom. The number of hydrogen-bond donors (Lipinski definition) is 0. The lowest BCUT2D eigenvalue weighted by molar-refractivity contribution is 0.0751. The van der Waals surface area contributed by atoms with E-state index in [0.29, 0.717) is 6.04 Å². The molecule has 2 aliphatic heterocycles. The number of fused-ring (bicyclic) bond motifs is 4. The predicted octanol–water partition coefficient (Wildman–Crippen LogP) is 3.62. The van der Waals surface area contributed by atoms with Gasteiger partial charge in [0.2, 0.25) is 0 Å². The number of hydroxylamine groups is 1. The Morgan fingerprint density at radius 3 is 3.22 bits per heavy atom. The number of unbranched alkanes of at least 4 members (excludes halogenated alkanes) is 1. The molecule has 0 amide bonds. The van der Waals surface area contributed by atoms with Crippen LogP contribution >= 0.6 is 0 Å². The first-order valence-electron chi connectivity index (χ1n) is 6.69. The molecule has 18 heavy (non-hydrogen) atoms. The Hall–Kier alpha value is -1.35. The number of rotatable bonds is 3. The third-order valence-corrected chi connectivity index (χ3v) is 3.61. The molecular weight excluding hydrogens is 229 g/mol. The summed E-state index contributed by atoms with van der Waals surface area (Å²) in [6, 6.07) is 5.27. The van der Waals surface area contributed by atoms with Gasteiger partial charge in [0.25, 0.3) is 0 Å². The van der Waals surface area contributed by atoms with Crippen molar-refractivity contribution in [3.63, 3.8) is 0 Å². The van der Waals surface area contributed by atoms with E-state index in [9.17, 15) is 4.39 Å². The molecule has 2 atom stereocenters. The summed E-state index contributed by atoms with van der Waals surface area (Å²) in [5.41, 5.74) is 2.09. The Balaban J connectivity index is 1.86. The standard InChI is InChI=1S/C15H18FNO/c1-2-3-4-5-13-10-14-9-11-8-12(16)6-7-15(11)17(13)18-14/h4-8,13-14H,2-3,9-10H2,1H3/b5-4+/t13-,14-/m0/s1. The third kappa shape index (κ3) is 2.03. The minimum atomic E-state index is -0.158. The molecule has 96 valence electrons. The molecular formula is C15H18FNO. The van der Waals surface area contributed by atoms with Crippen molar-refractivity contribution in [3.05, 3.63) is 41.7 Å². The Bertz CT molecular complexity index is 472. The molecule has 0 radical (unpaired) electrons. The molecule has 0 saturated carbocycles. The summed E-state index contributed by atoms with van der Waals surface area (Å²) in [5.74, 6) is -0.158. The second-order valence-corrected chi connectivity index (χ2v) is 5.05. The number of nitrogens with zero attached hydrogens (tertiary/aromatic N) is 1. The Morgan fingerprint density at radius 2 is 2.39 bits per heavy atom. The van der Waals surface area contributed by atoms with Gasteiger partial charge in [-0.2, -0.15) is 0 Å². The molecule has 1 saturated heterocycles. The first kappa shape index (κ1) is 11.7. The fourth-order valence-corrected chi connectivity index (χ4v) is 2.76. The van der Waals surface area contributed by atoms with Crippen molar-refractivity contribution < 1.29 is 9.23 Å². The quantitative estimate of drug-likeness (QED) is 0.756. The van der Waals surface area contributed by atoms with Crippen molar-refractivity contribution in [2.45, 2.75) is 44.8 Å². The summed E-state index contributed by atoms with van der Waals surface area (Å²) in [5, 5.41) is 1.95. The average molecular weight is 247 g/mol. The largest absolute Gasteiger partial charge is 0.269 e. The summed E-state index contributed by atoms with van der Waals surface area (Å²) >= 11 is 0. The number of halogens is 1. The van der Waals surface area contributed by atoms with E-state index < -0.39 is 0 Å². The zero-order valence-corrected chi connectivity index (χ0v) is 10.6. The molecule has 0 spiro atoms. The van der Waals surface area contributed by atoms with Gasteiger partial charge in [0.05, 0.1) is 17.8 Å². The molecule has 0 unspecified atom stereocenters. The molecule has 2 nitrogen and oxygen atoms in total. The van der Waals surface area contributed by atoms with Gasteiger partial charge in [-0.15, -0.1) is 0 Å². The lowest BCUT2D eigenvalue weighted by Crippen LogP contribution is -2.30. The van der Waals surface area contributed by atoms with E-state index in [1.807, 2.05) is 11.1 Å². The Labute approximate surface area is 107 Å². The van der Waals surface area contributed by atoms with Crippen LogP contribution in [-0.2, 0) is 11.3 Å². The highest BCUT2D eigenvalue weighted by Crippen LogP contribution is 2.38. The fourth-order valence-electron chi connectivity index (χ4n) is 2.76. The van der Waals surface area contributed by atoms with Crippen molar-refractivity contribution in [1.82, 2.24) is 0 Å². The molecule has 2 bridgehead atoms. The third-order valence-electron chi connectivity index (χ3n) is 3.61. The second kappa shape index (κ2) is 4.73. The van der Waals surface area contributed by atoms with Crippen LogP contribution < -0.4 is 5.06 Å². The second-order valence-electron chi connectivity index (χ2n) is 5.05. The van der Waals surface area contributed by atoms with Gasteiger partial charge in [0, 0.05) is 12.8 Å². The minimum Gasteiger partial charge on any atom is -0.269 e. The first-order valence-corrected chi connectivity index (χ1v) is 6.69. The lowest BCUT2D eigenvalue weighted by Gasteiger charge is -2.29. The van der Waals surface area contributed by atoms with Gasteiger partial charge < -0.3 is 0 Å². The first-order chi connectivity index (χ1) is 8.78. The number of anilines is 1. The van der Waals surface area contributed by atoms with Crippen LogP contribution in [0.1, 0.15) is 31.7 Å². The SMILES string of the molecule is CCC/C=C/[C@H]1C[C@@H]2Cc3cc(F)ccc3N1O2. The van der Waals surface area contributed by atoms with E-state index in [-0.39, 0.29) is 11.9 Å². The zero-order valence-electron chi connectivity index (χ0n) is 10.6. The van der Waals surface area contributed by atoms with Crippen molar-refractivity contribution in [3.8, 4) is 0 Å². The van der Waals surface area contributed by atoms with E-state index in [4.69, 9.17) is 4.84 Å². The van der Waals surface area contributed by atoms with Crippen LogP contribution in [0.5, 0.6) is 0 Å². The van der Waals surface area contributed by atoms with E-state index >= 15 is 0 Å². The van der Waals surface area contributed by atoms with E-state index in [2.05, 4.69) is 19.1 Å². The minimum absolute atomic E-state index is 0.158. The predicted molar refractivity (Wildman–Crippen MR) is 69.9 cm³/mol. The van der Waals surface area contributed by atoms with Crippen LogP contribution in [0, 0.1) is 5.82 Å². The van der Waals surface area contributed by atoms with Crippen LogP contribution in [0.4, 0.5) is 10.1 Å². The normalized spacial score (nSPS) is 25.8. The number of benzene rings is 1. The molecule has 0 aliphatic carbocycles.